The minimum absolute atomic E-state index is 0.723. The van der Waals surface area contributed by atoms with Crippen LogP contribution in [-0.4, -0.2) is 20.4 Å². The summed E-state index contributed by atoms with van der Waals surface area (Å²) < 4.78 is 4.85. The van der Waals surface area contributed by atoms with Crippen LogP contribution in [0.2, 0.25) is 0 Å². The number of allylic oxidation sites excluding steroid dienone is 2. The highest BCUT2D eigenvalue weighted by Crippen LogP contribution is 1.92. The van der Waals surface area contributed by atoms with Gasteiger partial charge in [-0.1, -0.05) is 6.58 Å². The van der Waals surface area contributed by atoms with Crippen molar-refractivity contribution in [3.63, 3.8) is 0 Å². The van der Waals surface area contributed by atoms with E-state index in [-0.39, 0.29) is 0 Å². The number of ether oxygens (including phenoxy) is 1. The van der Waals surface area contributed by atoms with Gasteiger partial charge in [0.25, 0.3) is 0 Å². The van der Waals surface area contributed by atoms with E-state index in [2.05, 4.69) is 11.6 Å². The Bertz CT molecular complexity index is 136. The summed E-state index contributed by atoms with van der Waals surface area (Å²) in [6, 6.07) is 0. The normalized spacial score (nSPS) is 12.0. The van der Waals surface area contributed by atoms with Gasteiger partial charge in [0, 0.05) is 13.3 Å². The molecular weight excluding hydrogens is 114 g/mol. The van der Waals surface area contributed by atoms with Crippen LogP contribution in [0.15, 0.2) is 29.5 Å². The number of methoxy groups -OCH3 is 1. The monoisotopic (exact) mass is 125 g/mol. The average molecular weight is 125 g/mol. The molecule has 2 nitrogen and oxygen atoms in total. The van der Waals surface area contributed by atoms with Gasteiger partial charge in [-0.15, -0.1) is 0 Å². The molecule has 0 heterocycles. The highest BCUT2D eigenvalue weighted by atomic mass is 16.5. The quantitative estimate of drug-likeness (QED) is 0.317. The molecule has 0 unspecified atom stereocenters. The van der Waals surface area contributed by atoms with Crippen molar-refractivity contribution in [2.45, 2.75) is 0 Å². The molecule has 0 radical (unpaired) electrons. The van der Waals surface area contributed by atoms with Crippen LogP contribution in [-0.2, 0) is 4.74 Å². The van der Waals surface area contributed by atoms with Gasteiger partial charge in [0.1, 0.15) is 5.76 Å². The Morgan fingerprint density at radius 2 is 2.33 bits per heavy atom. The van der Waals surface area contributed by atoms with Gasteiger partial charge in [-0.25, -0.2) is 0 Å². The van der Waals surface area contributed by atoms with Gasteiger partial charge in [0.05, 0.1) is 7.11 Å². The fraction of sp³-hybridized carbons (Fsp3) is 0.286. The third-order valence-corrected chi connectivity index (χ3v) is 0.825. The Kier molecular flexibility index (Phi) is 4.50. The summed E-state index contributed by atoms with van der Waals surface area (Å²) in [4.78, 5) is 3.74. The lowest BCUT2D eigenvalue weighted by atomic mass is 10.4. The van der Waals surface area contributed by atoms with Crippen LogP contribution in [0.1, 0.15) is 0 Å². The summed E-state index contributed by atoms with van der Waals surface area (Å²) in [5, 5.41) is 0. The highest BCUT2D eigenvalue weighted by molar-refractivity contribution is 5.72. The van der Waals surface area contributed by atoms with Crippen LogP contribution in [0.25, 0.3) is 0 Å². The second-order valence-corrected chi connectivity index (χ2v) is 1.38. The topological polar surface area (TPSA) is 21.6 Å². The van der Waals surface area contributed by atoms with Gasteiger partial charge < -0.3 is 4.74 Å². The first-order chi connectivity index (χ1) is 4.35. The fourth-order valence-corrected chi connectivity index (χ4v) is 0.367. The molecule has 0 saturated carbocycles. The lowest BCUT2D eigenvalue weighted by Gasteiger charge is -1.94. The largest absolute Gasteiger partial charge is 0.497 e. The Labute approximate surface area is 55.6 Å². The number of aliphatic imine (C=N–C) groups is 1. The van der Waals surface area contributed by atoms with Gasteiger partial charge in [-0.3, -0.25) is 4.99 Å². The molecule has 0 aliphatic carbocycles. The summed E-state index contributed by atoms with van der Waals surface area (Å²) in [7, 11) is 3.30. The van der Waals surface area contributed by atoms with Gasteiger partial charge in [0.2, 0.25) is 0 Å². The van der Waals surface area contributed by atoms with E-state index in [1.54, 1.807) is 32.5 Å². The number of hydrogen-bond acceptors (Lipinski definition) is 2. The summed E-state index contributed by atoms with van der Waals surface area (Å²) in [5.74, 6) is 0.723. The smallest absolute Gasteiger partial charge is 0.119 e. The zero-order valence-corrected chi connectivity index (χ0v) is 5.79. The predicted molar refractivity (Wildman–Crippen MR) is 39.7 cm³/mol. The second kappa shape index (κ2) is 5.09. The van der Waals surface area contributed by atoms with Crippen molar-refractivity contribution in [2.75, 3.05) is 14.2 Å². The molecule has 2 heteroatoms. The van der Waals surface area contributed by atoms with Gasteiger partial charge in [-0.2, -0.15) is 0 Å². The molecule has 0 saturated heterocycles. The van der Waals surface area contributed by atoms with Crippen molar-refractivity contribution in [3.05, 3.63) is 24.5 Å². The van der Waals surface area contributed by atoms with Crippen molar-refractivity contribution >= 4 is 6.21 Å². The SMILES string of the molecule is C=C/C(=C\C=NC)OC. The van der Waals surface area contributed by atoms with Gasteiger partial charge in [-0.05, 0) is 12.2 Å². The maximum Gasteiger partial charge on any atom is 0.119 e. The number of nitrogens with zero attached hydrogens (tertiary/aromatic N) is 1. The standard InChI is InChI=1S/C7H11NO/c1-4-7(9-3)5-6-8-2/h4-6H,1H2,2-3H3/b7-5+,8-6?. The van der Waals surface area contributed by atoms with Gasteiger partial charge in [0.15, 0.2) is 0 Å². The van der Waals surface area contributed by atoms with Crippen molar-refractivity contribution in [3.8, 4) is 0 Å². The van der Waals surface area contributed by atoms with Crippen LogP contribution in [0.5, 0.6) is 0 Å². The van der Waals surface area contributed by atoms with Crippen LogP contribution < -0.4 is 0 Å². The molecule has 0 N–H and O–H groups in total. The Morgan fingerprint density at radius 1 is 1.67 bits per heavy atom. The summed E-state index contributed by atoms with van der Waals surface area (Å²) in [6.07, 6.45) is 5.02. The van der Waals surface area contributed by atoms with Crippen molar-refractivity contribution < 1.29 is 4.74 Å². The molecule has 0 aromatic carbocycles. The van der Waals surface area contributed by atoms with E-state index < -0.39 is 0 Å². The van der Waals surface area contributed by atoms with E-state index in [4.69, 9.17) is 4.74 Å². The van der Waals surface area contributed by atoms with E-state index in [0.717, 1.165) is 5.76 Å². The molecular formula is C7H11NO. The average Bonchev–Trinajstić information content (AvgIpc) is 1.91. The molecule has 0 aromatic heterocycles. The maximum atomic E-state index is 4.85. The van der Waals surface area contributed by atoms with E-state index in [1.165, 1.54) is 0 Å². The first kappa shape index (κ1) is 7.95. The van der Waals surface area contributed by atoms with Crippen molar-refractivity contribution in [2.24, 2.45) is 4.99 Å². The summed E-state index contributed by atoms with van der Waals surface area (Å²) >= 11 is 0. The van der Waals surface area contributed by atoms with E-state index in [0.29, 0.717) is 0 Å². The first-order valence-corrected chi connectivity index (χ1v) is 2.64. The summed E-state index contributed by atoms with van der Waals surface area (Å²) in [5.41, 5.74) is 0. The molecule has 0 rings (SSSR count). The van der Waals surface area contributed by atoms with Crippen LogP contribution in [0.3, 0.4) is 0 Å². The number of rotatable bonds is 3. The van der Waals surface area contributed by atoms with E-state index >= 15 is 0 Å². The minimum atomic E-state index is 0.723. The fourth-order valence-electron chi connectivity index (χ4n) is 0.367. The summed E-state index contributed by atoms with van der Waals surface area (Å²) in [6.45, 7) is 3.53. The van der Waals surface area contributed by atoms with Crippen LogP contribution in [0, 0.1) is 0 Å². The molecule has 0 aliphatic rings. The maximum absolute atomic E-state index is 4.85. The zero-order valence-electron chi connectivity index (χ0n) is 5.79. The molecule has 0 bridgehead atoms. The highest BCUT2D eigenvalue weighted by Gasteiger charge is 1.80. The third-order valence-electron chi connectivity index (χ3n) is 0.825. The Morgan fingerprint density at radius 3 is 2.67 bits per heavy atom. The lowest BCUT2D eigenvalue weighted by Crippen LogP contribution is -1.80. The molecule has 0 amide bonds. The molecule has 0 aromatic rings. The van der Waals surface area contributed by atoms with Crippen molar-refractivity contribution in [1.29, 1.82) is 0 Å². The van der Waals surface area contributed by atoms with E-state index in [9.17, 15) is 0 Å². The van der Waals surface area contributed by atoms with Gasteiger partial charge >= 0.3 is 0 Å². The van der Waals surface area contributed by atoms with Crippen LogP contribution >= 0.6 is 0 Å². The molecule has 9 heavy (non-hydrogen) atoms. The molecule has 50 valence electrons. The van der Waals surface area contributed by atoms with Crippen molar-refractivity contribution in [1.82, 2.24) is 0 Å². The zero-order chi connectivity index (χ0) is 7.11. The Balaban J connectivity index is 3.90. The lowest BCUT2D eigenvalue weighted by molar-refractivity contribution is 0.308. The minimum Gasteiger partial charge on any atom is -0.497 e. The molecule has 0 spiro atoms. The Hall–Kier alpha value is -1.05. The molecule has 0 atom stereocenters. The number of hydrogen-bond donors (Lipinski definition) is 0. The van der Waals surface area contributed by atoms with Crippen LogP contribution in [0.4, 0.5) is 0 Å². The first-order valence-electron chi connectivity index (χ1n) is 2.64. The third kappa shape index (κ3) is 3.53. The predicted octanol–water partition coefficient (Wildman–Crippen LogP) is 1.40. The molecule has 0 fully saturated rings. The van der Waals surface area contributed by atoms with E-state index in [1.807, 2.05) is 0 Å². The molecule has 0 aliphatic heterocycles. The second-order valence-electron chi connectivity index (χ2n) is 1.38.